The fourth-order valence-electron chi connectivity index (χ4n) is 6.53. The average molecular weight is 734 g/mol. The van der Waals surface area contributed by atoms with E-state index in [0.717, 1.165) is 31.2 Å². The second-order valence-corrected chi connectivity index (χ2v) is 14.5. The number of nitrogens with zero attached hydrogens (tertiary/aromatic N) is 2. The van der Waals surface area contributed by atoms with Gasteiger partial charge in [-0.2, -0.15) is 0 Å². The molecule has 1 aromatic carbocycles. The highest BCUT2D eigenvalue weighted by Gasteiger charge is 2.38. The van der Waals surface area contributed by atoms with Crippen molar-refractivity contribution in [2.75, 3.05) is 34.3 Å². The SMILES string of the molecule is CCC.CCCCN(C(=O)CC(OC)C(C(C)CC)N(C)C(=O)CNC(=O)C(NC)C(C)C)[C@H](CCC)C(C)C(=O)NC(C)C(O)c1ccccc1. The Bertz CT molecular complexity index is 1150. The molecule has 0 bridgehead atoms. The second-order valence-electron chi connectivity index (χ2n) is 14.5. The number of ether oxygens (including phenoxy) is 1. The molecule has 0 saturated carbocycles. The van der Waals surface area contributed by atoms with Gasteiger partial charge in [0.05, 0.1) is 49.2 Å². The minimum Gasteiger partial charge on any atom is -0.386 e. The lowest BCUT2D eigenvalue weighted by Crippen LogP contribution is -2.55. The van der Waals surface area contributed by atoms with Crippen molar-refractivity contribution in [1.82, 2.24) is 25.8 Å². The van der Waals surface area contributed by atoms with Crippen LogP contribution in [-0.2, 0) is 23.9 Å². The summed E-state index contributed by atoms with van der Waals surface area (Å²) in [6.07, 6.45) is 3.62. The summed E-state index contributed by atoms with van der Waals surface area (Å²) >= 11 is 0. The van der Waals surface area contributed by atoms with Crippen LogP contribution >= 0.6 is 0 Å². The highest BCUT2D eigenvalue weighted by Crippen LogP contribution is 2.26. The van der Waals surface area contributed by atoms with E-state index in [4.69, 9.17) is 4.74 Å². The van der Waals surface area contributed by atoms with Crippen LogP contribution in [-0.4, -0.2) is 103 Å². The molecule has 1 aromatic rings. The number of rotatable bonds is 23. The van der Waals surface area contributed by atoms with E-state index >= 15 is 0 Å². The standard InChI is InChI=1S/C38H67N5O6.C3H8/c1-12-15-22-43(30(19-13-2)27(7)37(47)41-28(8)36(46)29-20-17-16-18-21-29)32(44)23-31(49-11)35(26(6)14-3)42(10)33(45)24-40-38(48)34(39-9)25(4)5;1-3-2/h16-18,20-21,25-28,30-31,34-36,39,46H,12-15,19,22-24H2,1-11H3,(H,40,48)(H,41,47);3H2,1-2H3/t26?,27?,28?,30-,31?,34?,35?,36?;/m1./s1. The van der Waals surface area contributed by atoms with Gasteiger partial charge in [-0.05, 0) is 44.2 Å². The van der Waals surface area contributed by atoms with Crippen LogP contribution in [0.25, 0.3) is 0 Å². The van der Waals surface area contributed by atoms with Gasteiger partial charge in [-0.3, -0.25) is 19.2 Å². The lowest BCUT2D eigenvalue weighted by atomic mass is 9.89. The number of likely N-dealkylation sites (N-methyl/N-ethyl adjacent to an activating group) is 2. The highest BCUT2D eigenvalue weighted by molar-refractivity contribution is 5.88. The second kappa shape index (κ2) is 26.7. The fraction of sp³-hybridized carbons (Fsp3) is 0.756. The number of methoxy groups -OCH3 is 1. The molecule has 0 radical (unpaired) electrons. The summed E-state index contributed by atoms with van der Waals surface area (Å²) in [7, 11) is 4.98. The van der Waals surface area contributed by atoms with Crippen molar-refractivity contribution in [2.24, 2.45) is 17.8 Å². The van der Waals surface area contributed by atoms with E-state index in [1.54, 1.807) is 33.0 Å². The summed E-state index contributed by atoms with van der Waals surface area (Å²) in [5.74, 6) is -1.34. The molecule has 0 heterocycles. The van der Waals surface area contributed by atoms with Crippen LogP contribution in [0.4, 0.5) is 0 Å². The van der Waals surface area contributed by atoms with Crippen LogP contribution in [0.5, 0.6) is 0 Å². The smallest absolute Gasteiger partial charge is 0.242 e. The van der Waals surface area contributed by atoms with Crippen molar-refractivity contribution in [2.45, 2.75) is 151 Å². The number of nitrogens with one attached hydrogen (secondary N) is 3. The first-order valence-corrected chi connectivity index (χ1v) is 19.7. The zero-order valence-electron chi connectivity index (χ0n) is 34.8. The van der Waals surface area contributed by atoms with E-state index < -0.39 is 36.3 Å². The summed E-state index contributed by atoms with van der Waals surface area (Å²) in [5.41, 5.74) is 0.720. The lowest BCUT2D eigenvalue weighted by molar-refractivity contribution is -0.145. The van der Waals surface area contributed by atoms with Gasteiger partial charge < -0.3 is 35.6 Å². The normalized spacial score (nSPS) is 15.8. The molecule has 1 rings (SSSR count). The van der Waals surface area contributed by atoms with Crippen molar-refractivity contribution in [3.63, 3.8) is 0 Å². The number of carbonyl (C=O) groups is 4. The summed E-state index contributed by atoms with van der Waals surface area (Å²) in [5, 5.41) is 19.6. The Balaban J connectivity index is 0.00000835. The van der Waals surface area contributed by atoms with Crippen molar-refractivity contribution in [3.05, 3.63) is 35.9 Å². The van der Waals surface area contributed by atoms with Gasteiger partial charge in [-0.1, -0.05) is 118 Å². The predicted molar refractivity (Wildman–Crippen MR) is 212 cm³/mol. The van der Waals surface area contributed by atoms with Gasteiger partial charge in [-0.25, -0.2) is 0 Å². The Morgan fingerprint density at radius 1 is 0.885 bits per heavy atom. The topological polar surface area (TPSA) is 140 Å². The Kier molecular flexibility index (Phi) is 25.1. The van der Waals surface area contributed by atoms with E-state index in [-0.39, 0.29) is 54.5 Å². The molecule has 52 heavy (non-hydrogen) atoms. The number of benzene rings is 1. The van der Waals surface area contributed by atoms with E-state index in [0.29, 0.717) is 13.0 Å². The minimum atomic E-state index is -0.868. The maximum atomic E-state index is 14.3. The third-order valence-electron chi connectivity index (χ3n) is 9.83. The number of hydrogen-bond acceptors (Lipinski definition) is 7. The maximum absolute atomic E-state index is 14.3. The summed E-state index contributed by atoms with van der Waals surface area (Å²) < 4.78 is 5.97. The zero-order chi connectivity index (χ0) is 40.0. The first-order valence-electron chi connectivity index (χ1n) is 19.7. The quantitative estimate of drug-likeness (QED) is 0.113. The van der Waals surface area contributed by atoms with Gasteiger partial charge in [0.1, 0.15) is 0 Å². The zero-order valence-corrected chi connectivity index (χ0v) is 34.8. The molecule has 11 heteroatoms. The molecule has 7 unspecified atom stereocenters. The first-order chi connectivity index (χ1) is 24.6. The largest absolute Gasteiger partial charge is 0.386 e. The Morgan fingerprint density at radius 3 is 1.96 bits per heavy atom. The van der Waals surface area contributed by atoms with Crippen molar-refractivity contribution in [1.29, 1.82) is 0 Å². The van der Waals surface area contributed by atoms with Crippen LogP contribution in [0.2, 0.25) is 0 Å². The highest BCUT2D eigenvalue weighted by atomic mass is 16.5. The number of aliphatic hydroxyl groups is 1. The molecule has 0 aromatic heterocycles. The number of hydrogen-bond donors (Lipinski definition) is 4. The molecule has 0 aliphatic rings. The van der Waals surface area contributed by atoms with Crippen LogP contribution in [0, 0.1) is 17.8 Å². The third-order valence-corrected chi connectivity index (χ3v) is 9.83. The number of carbonyl (C=O) groups excluding carboxylic acids is 4. The average Bonchev–Trinajstić information content (AvgIpc) is 3.12. The lowest BCUT2D eigenvalue weighted by Gasteiger charge is -2.40. The van der Waals surface area contributed by atoms with Crippen molar-refractivity contribution < 1.29 is 29.0 Å². The maximum Gasteiger partial charge on any atom is 0.242 e. The van der Waals surface area contributed by atoms with E-state index in [2.05, 4.69) is 36.7 Å². The van der Waals surface area contributed by atoms with E-state index in [9.17, 15) is 24.3 Å². The van der Waals surface area contributed by atoms with Crippen LogP contribution < -0.4 is 16.0 Å². The first kappa shape index (κ1) is 49.0. The Labute approximate surface area is 316 Å². The molecule has 4 N–H and O–H groups in total. The summed E-state index contributed by atoms with van der Waals surface area (Å²) in [6.45, 7) is 20.3. The Morgan fingerprint density at radius 2 is 1.48 bits per heavy atom. The Hall–Kier alpha value is -3.02. The molecule has 0 aliphatic carbocycles. The van der Waals surface area contributed by atoms with Crippen LogP contribution in [0.1, 0.15) is 126 Å². The molecular weight excluding hydrogens is 658 g/mol. The third kappa shape index (κ3) is 15.9. The van der Waals surface area contributed by atoms with Gasteiger partial charge in [0.25, 0.3) is 0 Å². The van der Waals surface area contributed by atoms with Crippen LogP contribution in [0.3, 0.4) is 0 Å². The molecule has 0 aliphatic heterocycles. The molecular formula is C41H75N5O6. The molecule has 4 amide bonds. The minimum absolute atomic E-state index is 0.000819. The summed E-state index contributed by atoms with van der Waals surface area (Å²) in [4.78, 5) is 57.5. The van der Waals surface area contributed by atoms with Gasteiger partial charge in [-0.15, -0.1) is 0 Å². The number of aliphatic hydroxyl groups excluding tert-OH is 1. The monoisotopic (exact) mass is 734 g/mol. The van der Waals surface area contributed by atoms with Gasteiger partial charge in [0, 0.05) is 26.7 Å². The number of unbranched alkanes of at least 4 members (excludes halogenated alkanes) is 1. The van der Waals surface area contributed by atoms with Crippen molar-refractivity contribution >= 4 is 23.6 Å². The fourth-order valence-corrected chi connectivity index (χ4v) is 6.53. The van der Waals surface area contributed by atoms with Crippen molar-refractivity contribution in [3.8, 4) is 0 Å². The molecule has 8 atom stereocenters. The molecule has 11 nitrogen and oxygen atoms in total. The number of amides is 4. The molecule has 300 valence electrons. The van der Waals surface area contributed by atoms with Gasteiger partial charge in [0.2, 0.25) is 23.6 Å². The van der Waals surface area contributed by atoms with Gasteiger partial charge in [0.15, 0.2) is 0 Å². The van der Waals surface area contributed by atoms with Crippen LogP contribution in [0.15, 0.2) is 30.3 Å². The predicted octanol–water partition coefficient (Wildman–Crippen LogP) is 5.71. The molecule has 0 spiro atoms. The van der Waals surface area contributed by atoms with Gasteiger partial charge >= 0.3 is 0 Å². The molecule has 0 saturated heterocycles. The van der Waals surface area contributed by atoms with E-state index in [1.807, 2.05) is 76.8 Å². The summed E-state index contributed by atoms with van der Waals surface area (Å²) in [6, 6.07) is 7.50. The molecule has 0 fully saturated rings. The van der Waals surface area contributed by atoms with E-state index in [1.165, 1.54) is 6.42 Å².